The van der Waals surface area contributed by atoms with Crippen molar-refractivity contribution in [3.63, 3.8) is 0 Å². The predicted octanol–water partition coefficient (Wildman–Crippen LogP) is 6.20. The number of nitrogens with zero attached hydrogens (tertiary/aromatic N) is 4. The van der Waals surface area contributed by atoms with Crippen molar-refractivity contribution in [1.29, 1.82) is 0 Å². The lowest BCUT2D eigenvalue weighted by Crippen LogP contribution is -2.11. The van der Waals surface area contributed by atoms with E-state index >= 15 is 0 Å². The number of aromatic amines is 2. The maximum Gasteiger partial charge on any atom is 0.224 e. The summed E-state index contributed by atoms with van der Waals surface area (Å²) in [6.07, 6.45) is 7.18. The molecule has 6 rings (SSSR count). The zero-order chi connectivity index (χ0) is 26.9. The summed E-state index contributed by atoms with van der Waals surface area (Å²) in [7, 11) is 0. The maximum absolute atomic E-state index is 14.0. The van der Waals surface area contributed by atoms with Gasteiger partial charge in [0, 0.05) is 35.8 Å². The molecule has 0 radical (unpaired) electrons. The fourth-order valence-electron chi connectivity index (χ4n) is 4.59. The number of fused-ring (bicyclic) bond motifs is 2. The molecule has 0 unspecified atom stereocenters. The molecule has 10 heteroatoms. The second-order valence-electron chi connectivity index (χ2n) is 9.28. The van der Waals surface area contributed by atoms with E-state index in [1.54, 1.807) is 24.7 Å². The van der Waals surface area contributed by atoms with Gasteiger partial charge in [0.15, 0.2) is 0 Å². The predicted molar refractivity (Wildman–Crippen MR) is 147 cm³/mol. The van der Waals surface area contributed by atoms with E-state index in [2.05, 4.69) is 30.5 Å². The van der Waals surface area contributed by atoms with Crippen LogP contribution in [0.15, 0.2) is 67.1 Å². The first-order valence-corrected chi connectivity index (χ1v) is 12.6. The first-order valence-electron chi connectivity index (χ1n) is 12.6. The van der Waals surface area contributed by atoms with Crippen LogP contribution in [-0.4, -0.2) is 41.1 Å². The first kappa shape index (κ1) is 24.2. The molecule has 5 aromatic heterocycles. The zero-order valence-corrected chi connectivity index (χ0v) is 21.0. The van der Waals surface area contributed by atoms with Crippen molar-refractivity contribution in [2.45, 2.75) is 26.2 Å². The number of phenolic OH excluding ortho intramolecular Hbond substituents is 1. The molecule has 0 saturated carbocycles. The Kier molecular flexibility index (Phi) is 6.20. The SMILES string of the molecule is CCCCC(=O)Nc1cncc(-c2ccc3[nH]nc(-c4cc5c(-c6cc(O)cc(F)c6)ccnc5[nH]4)c3n2)c1. The summed E-state index contributed by atoms with van der Waals surface area (Å²) in [6, 6.07) is 13.2. The third kappa shape index (κ3) is 4.79. The topological polar surface area (TPSA) is 132 Å². The van der Waals surface area contributed by atoms with E-state index in [0.717, 1.165) is 40.9 Å². The van der Waals surface area contributed by atoms with Gasteiger partial charge >= 0.3 is 0 Å². The Balaban J connectivity index is 1.38. The number of aromatic hydroxyl groups is 1. The van der Waals surface area contributed by atoms with Gasteiger partial charge in [-0.3, -0.25) is 14.9 Å². The van der Waals surface area contributed by atoms with Gasteiger partial charge in [0.05, 0.1) is 28.8 Å². The van der Waals surface area contributed by atoms with Crippen LogP contribution in [0, 0.1) is 5.82 Å². The number of H-pyrrole nitrogens is 2. The van der Waals surface area contributed by atoms with Crippen LogP contribution in [0.5, 0.6) is 5.75 Å². The summed E-state index contributed by atoms with van der Waals surface area (Å²) in [5, 5.41) is 21.1. The minimum atomic E-state index is -0.528. The van der Waals surface area contributed by atoms with Gasteiger partial charge in [0.1, 0.15) is 28.4 Å². The Morgan fingerprint density at radius 2 is 1.97 bits per heavy atom. The molecule has 0 aliphatic heterocycles. The fraction of sp³-hybridized carbons (Fsp3) is 0.138. The molecule has 0 bridgehead atoms. The summed E-state index contributed by atoms with van der Waals surface area (Å²) in [5.74, 6) is -0.726. The van der Waals surface area contributed by atoms with Crippen LogP contribution in [0.25, 0.3) is 55.8 Å². The molecule has 9 nitrogen and oxygen atoms in total. The number of unbranched alkanes of at least 4 members (excludes halogenated alkanes) is 1. The average molecular weight is 522 g/mol. The molecule has 0 spiro atoms. The number of amides is 1. The van der Waals surface area contributed by atoms with Crippen LogP contribution in [0.1, 0.15) is 26.2 Å². The standard InChI is InChI=1S/C29H24FN7O2/c1-2-3-4-26(39)33-19-10-17(14-31-15-19)23-5-6-24-27(34-23)28(37-36-24)25-13-22-21(7-8-32-29(22)35-25)16-9-18(30)12-20(38)11-16/h5-15,38H,2-4H2,1H3,(H,32,35)(H,33,39)(H,36,37). The number of pyridine rings is 3. The second kappa shape index (κ2) is 9.97. The normalized spacial score (nSPS) is 11.3. The van der Waals surface area contributed by atoms with Gasteiger partial charge in [-0.05, 0) is 60.0 Å². The highest BCUT2D eigenvalue weighted by Crippen LogP contribution is 2.34. The van der Waals surface area contributed by atoms with E-state index in [0.29, 0.717) is 45.9 Å². The van der Waals surface area contributed by atoms with Crippen molar-refractivity contribution in [2.24, 2.45) is 0 Å². The molecule has 0 aliphatic carbocycles. The summed E-state index contributed by atoms with van der Waals surface area (Å²) < 4.78 is 14.0. The second-order valence-corrected chi connectivity index (χ2v) is 9.28. The Morgan fingerprint density at radius 1 is 1.08 bits per heavy atom. The largest absolute Gasteiger partial charge is 0.508 e. The van der Waals surface area contributed by atoms with E-state index in [4.69, 9.17) is 4.98 Å². The highest BCUT2D eigenvalue weighted by Gasteiger charge is 2.17. The van der Waals surface area contributed by atoms with Crippen LogP contribution in [-0.2, 0) is 4.79 Å². The Hall–Kier alpha value is -5.12. The number of anilines is 1. The summed E-state index contributed by atoms with van der Waals surface area (Å²) in [4.78, 5) is 29.0. The average Bonchev–Trinajstić information content (AvgIpc) is 3.55. The number of aromatic nitrogens is 6. The molecule has 39 heavy (non-hydrogen) atoms. The molecular weight excluding hydrogens is 497 g/mol. The number of hydrogen-bond donors (Lipinski definition) is 4. The molecule has 0 fully saturated rings. The third-order valence-electron chi connectivity index (χ3n) is 6.46. The van der Waals surface area contributed by atoms with E-state index in [1.165, 1.54) is 12.1 Å². The summed E-state index contributed by atoms with van der Waals surface area (Å²) >= 11 is 0. The van der Waals surface area contributed by atoms with Crippen LogP contribution in [0.4, 0.5) is 10.1 Å². The van der Waals surface area contributed by atoms with E-state index in [1.807, 2.05) is 31.2 Å². The number of carbonyl (C=O) groups is 1. The minimum absolute atomic E-state index is 0.0448. The van der Waals surface area contributed by atoms with Crippen molar-refractivity contribution in [3.8, 4) is 39.5 Å². The highest BCUT2D eigenvalue weighted by atomic mass is 19.1. The molecule has 4 N–H and O–H groups in total. The van der Waals surface area contributed by atoms with Gasteiger partial charge in [-0.2, -0.15) is 5.10 Å². The number of benzene rings is 1. The van der Waals surface area contributed by atoms with E-state index in [-0.39, 0.29) is 11.7 Å². The lowest BCUT2D eigenvalue weighted by atomic mass is 10.0. The van der Waals surface area contributed by atoms with Crippen LogP contribution < -0.4 is 5.32 Å². The molecule has 0 atom stereocenters. The molecule has 6 aromatic rings. The Morgan fingerprint density at radius 3 is 2.82 bits per heavy atom. The van der Waals surface area contributed by atoms with Gasteiger partial charge in [0.2, 0.25) is 5.91 Å². The monoisotopic (exact) mass is 521 g/mol. The van der Waals surface area contributed by atoms with Crippen LogP contribution in [0.3, 0.4) is 0 Å². The zero-order valence-electron chi connectivity index (χ0n) is 21.0. The van der Waals surface area contributed by atoms with E-state index < -0.39 is 5.82 Å². The van der Waals surface area contributed by atoms with Crippen LogP contribution in [0.2, 0.25) is 0 Å². The van der Waals surface area contributed by atoms with E-state index in [9.17, 15) is 14.3 Å². The van der Waals surface area contributed by atoms with Gasteiger partial charge < -0.3 is 15.4 Å². The number of halogens is 1. The quantitative estimate of drug-likeness (QED) is 0.198. The van der Waals surface area contributed by atoms with Gasteiger partial charge in [-0.1, -0.05) is 13.3 Å². The van der Waals surface area contributed by atoms with Gasteiger partial charge in [-0.15, -0.1) is 0 Å². The molecule has 1 aromatic carbocycles. The van der Waals surface area contributed by atoms with Crippen molar-refractivity contribution in [3.05, 3.63) is 72.9 Å². The first-order chi connectivity index (χ1) is 19.0. The number of phenols is 1. The number of carbonyl (C=O) groups excluding carboxylic acids is 1. The molecule has 0 aliphatic rings. The summed E-state index contributed by atoms with van der Waals surface area (Å²) in [6.45, 7) is 2.04. The Bertz CT molecular complexity index is 1820. The van der Waals surface area contributed by atoms with Crippen molar-refractivity contribution in [2.75, 3.05) is 5.32 Å². The molecule has 194 valence electrons. The number of rotatable bonds is 7. The molecule has 1 amide bonds. The smallest absolute Gasteiger partial charge is 0.224 e. The Labute approximate surface area is 222 Å². The van der Waals surface area contributed by atoms with Crippen molar-refractivity contribution in [1.82, 2.24) is 30.1 Å². The lowest BCUT2D eigenvalue weighted by molar-refractivity contribution is -0.116. The number of nitrogens with one attached hydrogen (secondary N) is 3. The minimum Gasteiger partial charge on any atom is -0.508 e. The molecule has 0 saturated heterocycles. The maximum atomic E-state index is 14.0. The molecular formula is C29H24FN7O2. The number of hydrogen-bond acceptors (Lipinski definition) is 6. The summed E-state index contributed by atoms with van der Waals surface area (Å²) in [5.41, 5.74) is 6.54. The molecule has 5 heterocycles. The van der Waals surface area contributed by atoms with Gasteiger partial charge in [-0.25, -0.2) is 14.4 Å². The third-order valence-corrected chi connectivity index (χ3v) is 6.46. The highest BCUT2D eigenvalue weighted by molar-refractivity contribution is 5.99. The fourth-order valence-corrected chi connectivity index (χ4v) is 4.59. The lowest BCUT2D eigenvalue weighted by Gasteiger charge is -2.07. The van der Waals surface area contributed by atoms with Crippen molar-refractivity contribution >= 4 is 33.7 Å². The van der Waals surface area contributed by atoms with Crippen LogP contribution >= 0.6 is 0 Å². The van der Waals surface area contributed by atoms with Crippen molar-refractivity contribution < 1.29 is 14.3 Å². The van der Waals surface area contributed by atoms with Gasteiger partial charge in [0.25, 0.3) is 0 Å².